The quantitative estimate of drug-likeness (QED) is 0.171. The molecule has 0 bridgehead atoms. The molecule has 0 aliphatic heterocycles. The summed E-state index contributed by atoms with van der Waals surface area (Å²) in [6, 6.07) is 0.596. The summed E-state index contributed by atoms with van der Waals surface area (Å²) < 4.78 is 26.9. The first-order valence-corrected chi connectivity index (χ1v) is 13.2. The Hall–Kier alpha value is -0.203. The van der Waals surface area contributed by atoms with E-state index in [2.05, 4.69) is 0 Å². The number of thioether (sulfide) groups is 1. The molecule has 0 heterocycles. The number of aliphatic hydroxyl groups excluding tert-OH is 2. The van der Waals surface area contributed by atoms with Crippen LogP contribution in [0.25, 0.3) is 0 Å². The van der Waals surface area contributed by atoms with E-state index in [4.69, 9.17) is 22.8 Å². The summed E-state index contributed by atoms with van der Waals surface area (Å²) in [6.07, 6.45) is 2.15. The lowest BCUT2D eigenvalue weighted by Crippen LogP contribution is -2.42. The maximum absolute atomic E-state index is 12.1. The highest BCUT2D eigenvalue weighted by atomic mass is 32.2. The molecule has 0 fully saturated rings. The zero-order chi connectivity index (χ0) is 22.2. The Morgan fingerprint density at radius 3 is 2.21 bits per heavy atom. The van der Waals surface area contributed by atoms with Crippen LogP contribution in [0.15, 0.2) is 0 Å². The van der Waals surface area contributed by atoms with Gasteiger partial charge in [-0.05, 0) is 25.0 Å². The van der Waals surface area contributed by atoms with Crippen LogP contribution in [-0.4, -0.2) is 90.9 Å². The highest BCUT2D eigenvalue weighted by Gasteiger charge is 2.37. The van der Waals surface area contributed by atoms with Gasteiger partial charge in [0.2, 0.25) is 0 Å². The number of aliphatic hydroxyl groups is 2. The van der Waals surface area contributed by atoms with Crippen molar-refractivity contribution in [2.24, 2.45) is 11.3 Å². The number of hydrogen-bond acceptors (Lipinski definition) is 9. The number of carbonyl (C=O) groups is 1. The van der Waals surface area contributed by atoms with Gasteiger partial charge in [-0.15, -0.1) is 0 Å². The minimum atomic E-state index is -2.61. The molecule has 10 heteroatoms. The minimum Gasteiger partial charge on any atom is -0.465 e. The summed E-state index contributed by atoms with van der Waals surface area (Å²) in [7, 11) is 2.09. The van der Waals surface area contributed by atoms with Crippen molar-refractivity contribution in [2.45, 2.75) is 39.2 Å². The summed E-state index contributed by atoms with van der Waals surface area (Å²) in [5, 5.41) is 18.8. The van der Waals surface area contributed by atoms with Crippen molar-refractivity contribution in [3.05, 3.63) is 0 Å². The van der Waals surface area contributed by atoms with Crippen LogP contribution in [0.4, 0.5) is 0 Å². The first-order chi connectivity index (χ1) is 13.9. The molecular weight excluding hydrogens is 416 g/mol. The van der Waals surface area contributed by atoms with Gasteiger partial charge in [0.1, 0.15) is 0 Å². The Morgan fingerprint density at radius 2 is 1.69 bits per heavy atom. The molecule has 174 valence electrons. The zero-order valence-corrected chi connectivity index (χ0v) is 20.4. The van der Waals surface area contributed by atoms with Crippen molar-refractivity contribution in [3.63, 3.8) is 0 Å². The molecule has 0 aliphatic carbocycles. The lowest BCUT2D eigenvalue weighted by atomic mass is 9.88. The topological polar surface area (TPSA) is 104 Å². The highest BCUT2D eigenvalue weighted by molar-refractivity contribution is 7.99. The van der Waals surface area contributed by atoms with E-state index in [0.717, 1.165) is 12.2 Å². The second-order valence-electron chi connectivity index (χ2n) is 7.12. The molecule has 0 aliphatic rings. The third-order valence-corrected chi connectivity index (χ3v) is 9.13. The van der Waals surface area contributed by atoms with Crippen molar-refractivity contribution < 1.29 is 37.8 Å². The molecule has 8 nitrogen and oxygen atoms in total. The number of esters is 1. The standard InChI is InChI=1S/C19H40O8SSi/c1-6-19(14-20,15-21)16-26-9-7-11-28-13-17(2)18(22)27-10-8-12-29(23-3,24-4)25-5/h17,20-21H,6-16H2,1-5H3. The summed E-state index contributed by atoms with van der Waals surface area (Å²) in [4.78, 5) is 12.1. The fraction of sp³-hybridized carbons (Fsp3) is 0.947. The smallest absolute Gasteiger partial charge is 0.465 e. The van der Waals surface area contributed by atoms with E-state index in [0.29, 0.717) is 44.5 Å². The molecular formula is C19H40O8SSi. The fourth-order valence-electron chi connectivity index (χ4n) is 2.51. The number of rotatable bonds is 19. The van der Waals surface area contributed by atoms with Gasteiger partial charge in [-0.3, -0.25) is 4.79 Å². The molecule has 2 N–H and O–H groups in total. The molecule has 1 unspecified atom stereocenters. The summed E-state index contributed by atoms with van der Waals surface area (Å²) in [6.45, 7) is 4.86. The Kier molecular flexibility index (Phi) is 16.4. The first-order valence-electron chi connectivity index (χ1n) is 10.1. The minimum absolute atomic E-state index is 0.0834. The molecule has 0 aromatic heterocycles. The molecule has 0 saturated heterocycles. The second-order valence-corrected chi connectivity index (χ2v) is 11.4. The van der Waals surface area contributed by atoms with Crippen LogP contribution in [0.3, 0.4) is 0 Å². The largest absolute Gasteiger partial charge is 0.500 e. The molecule has 0 aromatic rings. The number of carbonyl (C=O) groups excluding carboxylic acids is 1. The molecule has 0 radical (unpaired) electrons. The van der Waals surface area contributed by atoms with E-state index in [1.54, 1.807) is 33.1 Å². The van der Waals surface area contributed by atoms with Crippen molar-refractivity contribution in [1.29, 1.82) is 0 Å². The Bertz CT molecular complexity index is 402. The van der Waals surface area contributed by atoms with Crippen molar-refractivity contribution in [1.82, 2.24) is 0 Å². The van der Waals surface area contributed by atoms with Gasteiger partial charge in [0.05, 0.1) is 32.3 Å². The van der Waals surface area contributed by atoms with E-state index < -0.39 is 14.2 Å². The number of hydrogen-bond donors (Lipinski definition) is 2. The maximum Gasteiger partial charge on any atom is 0.500 e. The van der Waals surface area contributed by atoms with Gasteiger partial charge in [-0.25, -0.2) is 0 Å². The van der Waals surface area contributed by atoms with Gasteiger partial charge in [-0.2, -0.15) is 11.8 Å². The lowest BCUT2D eigenvalue weighted by Gasteiger charge is -2.27. The van der Waals surface area contributed by atoms with Gasteiger partial charge in [-0.1, -0.05) is 13.8 Å². The van der Waals surface area contributed by atoms with Gasteiger partial charge in [0, 0.05) is 45.1 Å². The van der Waals surface area contributed by atoms with Gasteiger partial charge in [0.25, 0.3) is 0 Å². The summed E-state index contributed by atoms with van der Waals surface area (Å²) in [5.74, 6) is 1.19. The van der Waals surface area contributed by atoms with Crippen LogP contribution < -0.4 is 0 Å². The molecule has 29 heavy (non-hydrogen) atoms. The van der Waals surface area contributed by atoms with Gasteiger partial charge in [0.15, 0.2) is 0 Å². The SMILES string of the molecule is CCC(CO)(CO)COCCCSCC(C)C(=O)OCCC[Si](OC)(OC)OC. The Labute approximate surface area is 181 Å². The van der Waals surface area contributed by atoms with Crippen molar-refractivity contribution in [2.75, 3.05) is 65.9 Å². The summed E-state index contributed by atoms with van der Waals surface area (Å²) in [5.41, 5.74) is -0.552. The normalized spacial score (nSPS) is 13.5. The van der Waals surface area contributed by atoms with E-state index in [9.17, 15) is 15.0 Å². The molecule has 0 spiro atoms. The molecule has 0 saturated carbocycles. The fourth-order valence-corrected chi connectivity index (χ4v) is 5.17. The Balaban J connectivity index is 3.84. The predicted molar refractivity (Wildman–Crippen MR) is 116 cm³/mol. The van der Waals surface area contributed by atoms with Crippen LogP contribution in [0.5, 0.6) is 0 Å². The van der Waals surface area contributed by atoms with E-state index >= 15 is 0 Å². The lowest BCUT2D eigenvalue weighted by molar-refractivity contribution is -0.147. The molecule has 0 aromatic carbocycles. The monoisotopic (exact) mass is 456 g/mol. The van der Waals surface area contributed by atoms with Crippen molar-refractivity contribution in [3.8, 4) is 0 Å². The van der Waals surface area contributed by atoms with Crippen molar-refractivity contribution >= 4 is 26.5 Å². The Morgan fingerprint density at radius 1 is 1.07 bits per heavy atom. The van der Waals surface area contributed by atoms with Crippen LogP contribution in [-0.2, 0) is 27.5 Å². The van der Waals surface area contributed by atoms with Crippen LogP contribution >= 0.6 is 11.8 Å². The highest BCUT2D eigenvalue weighted by Crippen LogP contribution is 2.21. The molecule has 0 amide bonds. The molecule has 1 atom stereocenters. The van der Waals surface area contributed by atoms with E-state index in [1.807, 2.05) is 13.8 Å². The summed E-state index contributed by atoms with van der Waals surface area (Å²) >= 11 is 1.69. The van der Waals surface area contributed by atoms with Crippen LogP contribution in [0, 0.1) is 11.3 Å². The van der Waals surface area contributed by atoms with E-state index in [-0.39, 0.29) is 25.1 Å². The molecule has 0 rings (SSSR count). The zero-order valence-electron chi connectivity index (χ0n) is 18.6. The van der Waals surface area contributed by atoms with Gasteiger partial charge >= 0.3 is 14.8 Å². The third-order valence-electron chi connectivity index (χ3n) is 4.98. The average Bonchev–Trinajstić information content (AvgIpc) is 2.76. The van der Waals surface area contributed by atoms with Crippen LogP contribution in [0.2, 0.25) is 6.04 Å². The number of ether oxygens (including phenoxy) is 2. The second kappa shape index (κ2) is 16.5. The van der Waals surface area contributed by atoms with Crippen LogP contribution in [0.1, 0.15) is 33.1 Å². The predicted octanol–water partition coefficient (Wildman–Crippen LogP) is 1.95. The van der Waals surface area contributed by atoms with Gasteiger partial charge < -0.3 is 33.0 Å². The van der Waals surface area contributed by atoms with E-state index in [1.165, 1.54) is 0 Å². The first kappa shape index (κ1) is 28.8. The maximum atomic E-state index is 12.1. The average molecular weight is 457 g/mol. The third kappa shape index (κ3) is 11.1.